The fourth-order valence-electron chi connectivity index (χ4n) is 2.72. The van der Waals surface area contributed by atoms with Gasteiger partial charge in [-0.25, -0.2) is 0 Å². The topological polar surface area (TPSA) is 30.7 Å². The molecule has 0 saturated heterocycles. The van der Waals surface area contributed by atoms with E-state index in [1.54, 1.807) is 6.07 Å². The lowest BCUT2D eigenvalue weighted by Crippen LogP contribution is -2.08. The van der Waals surface area contributed by atoms with Crippen molar-refractivity contribution < 1.29 is 13.2 Å². The van der Waals surface area contributed by atoms with Crippen molar-refractivity contribution >= 4 is 11.8 Å². The molecular weight excluding hydrogens is 359 g/mol. The molecular formula is C19H18F3N3S. The normalized spacial score (nSPS) is 11.7. The van der Waals surface area contributed by atoms with Crippen LogP contribution in [0, 0.1) is 0 Å². The average molecular weight is 377 g/mol. The Labute approximate surface area is 154 Å². The van der Waals surface area contributed by atoms with E-state index < -0.39 is 11.7 Å². The lowest BCUT2D eigenvalue weighted by Gasteiger charge is -2.12. The maximum atomic E-state index is 13.1. The fraction of sp³-hybridized carbons (Fsp3) is 0.263. The number of nitrogens with zero attached hydrogens (tertiary/aromatic N) is 3. The molecule has 26 heavy (non-hydrogen) atoms. The smallest absolute Gasteiger partial charge is 0.306 e. The van der Waals surface area contributed by atoms with Gasteiger partial charge in [0.15, 0.2) is 5.16 Å². The second-order valence-electron chi connectivity index (χ2n) is 5.75. The SMILES string of the molecule is CCn1c(Cc2ccccc2)nnc1SCc1ccccc1C(F)(F)F. The van der Waals surface area contributed by atoms with Gasteiger partial charge >= 0.3 is 6.18 Å². The van der Waals surface area contributed by atoms with Crippen LogP contribution in [0.1, 0.15) is 29.4 Å². The van der Waals surface area contributed by atoms with E-state index in [0.29, 0.717) is 18.1 Å². The predicted molar refractivity (Wildman–Crippen MR) is 95.9 cm³/mol. The zero-order chi connectivity index (χ0) is 18.6. The molecule has 0 N–H and O–H groups in total. The third-order valence-corrected chi connectivity index (χ3v) is 5.01. The zero-order valence-electron chi connectivity index (χ0n) is 14.2. The Kier molecular flexibility index (Phi) is 5.66. The van der Waals surface area contributed by atoms with Crippen molar-refractivity contribution in [3.8, 4) is 0 Å². The summed E-state index contributed by atoms with van der Waals surface area (Å²) in [7, 11) is 0. The van der Waals surface area contributed by atoms with Gasteiger partial charge in [-0.1, -0.05) is 60.3 Å². The summed E-state index contributed by atoms with van der Waals surface area (Å²) in [5.41, 5.74) is 0.772. The van der Waals surface area contributed by atoms with Gasteiger partial charge in [0.1, 0.15) is 5.82 Å². The van der Waals surface area contributed by atoms with Crippen LogP contribution in [-0.2, 0) is 24.9 Å². The van der Waals surface area contributed by atoms with Gasteiger partial charge in [-0.3, -0.25) is 0 Å². The third-order valence-electron chi connectivity index (χ3n) is 3.99. The maximum Gasteiger partial charge on any atom is 0.416 e. The highest BCUT2D eigenvalue weighted by molar-refractivity contribution is 7.98. The van der Waals surface area contributed by atoms with Gasteiger partial charge in [0.2, 0.25) is 0 Å². The van der Waals surface area contributed by atoms with E-state index in [-0.39, 0.29) is 11.3 Å². The Bertz CT molecular complexity index is 860. The van der Waals surface area contributed by atoms with Crippen molar-refractivity contribution in [2.24, 2.45) is 0 Å². The Morgan fingerprint density at radius 2 is 1.65 bits per heavy atom. The molecule has 1 heterocycles. The van der Waals surface area contributed by atoms with E-state index in [4.69, 9.17) is 0 Å². The minimum atomic E-state index is -4.35. The summed E-state index contributed by atoms with van der Waals surface area (Å²) in [6.45, 7) is 2.64. The van der Waals surface area contributed by atoms with E-state index in [1.807, 2.05) is 41.8 Å². The first-order valence-corrected chi connectivity index (χ1v) is 9.21. The summed E-state index contributed by atoms with van der Waals surface area (Å²) in [6.07, 6.45) is -3.71. The van der Waals surface area contributed by atoms with E-state index >= 15 is 0 Å². The van der Waals surface area contributed by atoms with Gasteiger partial charge < -0.3 is 4.57 Å². The summed E-state index contributed by atoms with van der Waals surface area (Å²) < 4.78 is 41.3. The van der Waals surface area contributed by atoms with Gasteiger partial charge in [-0.15, -0.1) is 10.2 Å². The second kappa shape index (κ2) is 7.95. The maximum absolute atomic E-state index is 13.1. The standard InChI is InChI=1S/C19H18F3N3S/c1-2-25-17(12-14-8-4-3-5-9-14)23-24-18(25)26-13-15-10-6-7-11-16(15)19(20,21)22/h3-11H,2,12-13H2,1H3. The Balaban J connectivity index is 1.77. The highest BCUT2D eigenvalue weighted by Gasteiger charge is 2.32. The highest BCUT2D eigenvalue weighted by Crippen LogP contribution is 2.34. The van der Waals surface area contributed by atoms with Crippen molar-refractivity contribution in [2.75, 3.05) is 0 Å². The van der Waals surface area contributed by atoms with Crippen molar-refractivity contribution in [3.63, 3.8) is 0 Å². The molecule has 1 aromatic heterocycles. The van der Waals surface area contributed by atoms with Gasteiger partial charge in [0, 0.05) is 18.7 Å². The number of benzene rings is 2. The molecule has 0 bridgehead atoms. The first-order valence-electron chi connectivity index (χ1n) is 8.23. The largest absolute Gasteiger partial charge is 0.416 e. The molecule has 0 saturated carbocycles. The molecule has 0 spiro atoms. The molecule has 3 rings (SSSR count). The zero-order valence-corrected chi connectivity index (χ0v) is 15.0. The van der Waals surface area contributed by atoms with Gasteiger partial charge in [0.05, 0.1) is 5.56 Å². The molecule has 0 amide bonds. The molecule has 0 aliphatic heterocycles. The van der Waals surface area contributed by atoms with E-state index in [9.17, 15) is 13.2 Å². The highest BCUT2D eigenvalue weighted by atomic mass is 32.2. The number of thioether (sulfide) groups is 1. The van der Waals surface area contributed by atoms with Crippen LogP contribution in [0.25, 0.3) is 0 Å². The average Bonchev–Trinajstić information content (AvgIpc) is 3.02. The molecule has 0 aliphatic rings. The van der Waals surface area contributed by atoms with Crippen molar-refractivity contribution in [2.45, 2.75) is 37.0 Å². The van der Waals surface area contributed by atoms with Gasteiger partial charge in [-0.05, 0) is 24.1 Å². The number of halogens is 3. The molecule has 3 aromatic rings. The summed E-state index contributed by atoms with van der Waals surface area (Å²) >= 11 is 1.28. The number of hydrogen-bond acceptors (Lipinski definition) is 3. The van der Waals surface area contributed by atoms with Crippen LogP contribution < -0.4 is 0 Å². The number of hydrogen-bond donors (Lipinski definition) is 0. The van der Waals surface area contributed by atoms with Crippen LogP contribution in [0.15, 0.2) is 59.8 Å². The monoisotopic (exact) mass is 377 g/mol. The minimum Gasteiger partial charge on any atom is -0.306 e. The molecule has 7 heteroatoms. The van der Waals surface area contributed by atoms with E-state index in [1.165, 1.54) is 23.9 Å². The Morgan fingerprint density at radius 1 is 0.962 bits per heavy atom. The van der Waals surface area contributed by atoms with Crippen LogP contribution in [0.2, 0.25) is 0 Å². The van der Waals surface area contributed by atoms with Gasteiger partial charge in [0.25, 0.3) is 0 Å². The number of rotatable bonds is 6. The van der Waals surface area contributed by atoms with Crippen molar-refractivity contribution in [1.29, 1.82) is 0 Å². The molecule has 136 valence electrons. The van der Waals surface area contributed by atoms with Crippen LogP contribution in [0.5, 0.6) is 0 Å². The van der Waals surface area contributed by atoms with Crippen molar-refractivity contribution in [3.05, 3.63) is 77.1 Å². The minimum absolute atomic E-state index is 0.194. The van der Waals surface area contributed by atoms with Crippen LogP contribution in [-0.4, -0.2) is 14.8 Å². The fourth-order valence-corrected chi connectivity index (χ4v) is 3.74. The van der Waals surface area contributed by atoms with Crippen molar-refractivity contribution in [1.82, 2.24) is 14.8 Å². The predicted octanol–water partition coefficient (Wildman–Crippen LogP) is 5.20. The number of alkyl halides is 3. The molecule has 0 radical (unpaired) electrons. The molecule has 0 unspecified atom stereocenters. The van der Waals surface area contributed by atoms with Crippen LogP contribution >= 0.6 is 11.8 Å². The summed E-state index contributed by atoms with van der Waals surface area (Å²) in [5, 5.41) is 9.06. The molecule has 2 aromatic carbocycles. The quantitative estimate of drug-likeness (QED) is 0.553. The molecule has 0 fully saturated rings. The molecule has 0 aliphatic carbocycles. The third kappa shape index (κ3) is 4.27. The molecule has 0 atom stereocenters. The lowest BCUT2D eigenvalue weighted by molar-refractivity contribution is -0.138. The molecule has 3 nitrogen and oxygen atoms in total. The summed E-state index contributed by atoms with van der Waals surface area (Å²) in [5.74, 6) is 1.00. The first-order chi connectivity index (χ1) is 12.5. The van der Waals surface area contributed by atoms with Crippen LogP contribution in [0.4, 0.5) is 13.2 Å². The number of aromatic nitrogens is 3. The second-order valence-corrected chi connectivity index (χ2v) is 6.69. The van der Waals surface area contributed by atoms with E-state index in [2.05, 4.69) is 10.2 Å². The summed E-state index contributed by atoms with van der Waals surface area (Å²) in [4.78, 5) is 0. The van der Waals surface area contributed by atoms with Crippen LogP contribution in [0.3, 0.4) is 0 Å². The van der Waals surface area contributed by atoms with Gasteiger partial charge in [-0.2, -0.15) is 13.2 Å². The Morgan fingerprint density at radius 3 is 2.35 bits per heavy atom. The first kappa shape index (κ1) is 18.5. The Hall–Kier alpha value is -2.28. The van der Waals surface area contributed by atoms with E-state index in [0.717, 1.165) is 17.5 Å². The summed E-state index contributed by atoms with van der Waals surface area (Å²) in [6, 6.07) is 15.6. The lowest BCUT2D eigenvalue weighted by atomic mass is 10.1.